The first-order valence-electron chi connectivity index (χ1n) is 8.35. The van der Waals surface area contributed by atoms with Crippen molar-refractivity contribution in [2.24, 2.45) is 11.8 Å². The van der Waals surface area contributed by atoms with Crippen molar-refractivity contribution < 1.29 is 0 Å². The van der Waals surface area contributed by atoms with Crippen LogP contribution in [0.4, 0.5) is 0 Å². The molecule has 0 radical (unpaired) electrons. The van der Waals surface area contributed by atoms with Gasteiger partial charge in [0.2, 0.25) is 0 Å². The average Bonchev–Trinajstić information content (AvgIpc) is 2.91. The number of nitrogens with zero attached hydrogens (tertiary/aromatic N) is 2. The third kappa shape index (κ3) is 3.85. The second-order valence-electron chi connectivity index (χ2n) is 6.89. The summed E-state index contributed by atoms with van der Waals surface area (Å²) in [6.07, 6.45) is 3.25. The van der Waals surface area contributed by atoms with Crippen LogP contribution in [0.2, 0.25) is 0 Å². The van der Waals surface area contributed by atoms with Crippen LogP contribution in [-0.2, 0) is 0 Å². The maximum atomic E-state index is 4.63. The normalized spacial score (nSPS) is 27.0. The van der Waals surface area contributed by atoms with E-state index in [1.807, 2.05) is 17.5 Å². The average molecular weight is 310 g/mol. The van der Waals surface area contributed by atoms with Crippen LogP contribution in [0.5, 0.6) is 0 Å². The zero-order valence-electron chi connectivity index (χ0n) is 14.4. The van der Waals surface area contributed by atoms with Crippen LogP contribution in [0.15, 0.2) is 6.20 Å². The molecule has 0 aromatic carbocycles. The van der Waals surface area contributed by atoms with Gasteiger partial charge in [0.05, 0.1) is 6.04 Å². The predicted molar refractivity (Wildman–Crippen MR) is 91.8 cm³/mol. The van der Waals surface area contributed by atoms with Gasteiger partial charge in [-0.15, -0.1) is 11.3 Å². The van der Waals surface area contributed by atoms with E-state index in [0.717, 1.165) is 19.0 Å². The lowest BCUT2D eigenvalue weighted by atomic mass is 9.91. The molecule has 1 aromatic rings. The Morgan fingerprint density at radius 1 is 1.38 bits per heavy atom. The SMILES string of the molecule is CCC(C)C1CN(C(C)c2ncc(C)s2)C(C(C)C)CN1. The fraction of sp³-hybridized carbons (Fsp3) is 0.824. The molecule has 1 aromatic heterocycles. The summed E-state index contributed by atoms with van der Waals surface area (Å²) in [4.78, 5) is 8.63. The molecule has 0 bridgehead atoms. The van der Waals surface area contributed by atoms with Gasteiger partial charge in [0.25, 0.3) is 0 Å². The van der Waals surface area contributed by atoms with E-state index in [1.54, 1.807) is 0 Å². The lowest BCUT2D eigenvalue weighted by Crippen LogP contribution is -2.60. The Morgan fingerprint density at radius 2 is 2.10 bits per heavy atom. The van der Waals surface area contributed by atoms with Crippen LogP contribution in [0.25, 0.3) is 0 Å². The molecule has 0 aliphatic carbocycles. The maximum absolute atomic E-state index is 4.63. The Hall–Kier alpha value is -0.450. The van der Waals surface area contributed by atoms with E-state index < -0.39 is 0 Å². The lowest BCUT2D eigenvalue weighted by Gasteiger charge is -2.46. The predicted octanol–water partition coefficient (Wildman–Crippen LogP) is 3.86. The summed E-state index contributed by atoms with van der Waals surface area (Å²) in [7, 11) is 0. The third-order valence-electron chi connectivity index (χ3n) is 5.02. The van der Waals surface area contributed by atoms with Gasteiger partial charge in [-0.1, -0.05) is 34.1 Å². The van der Waals surface area contributed by atoms with Crippen molar-refractivity contribution in [3.8, 4) is 0 Å². The number of nitrogens with one attached hydrogen (secondary N) is 1. The molecule has 1 N–H and O–H groups in total. The quantitative estimate of drug-likeness (QED) is 0.895. The molecule has 0 amide bonds. The van der Waals surface area contributed by atoms with Crippen molar-refractivity contribution in [1.82, 2.24) is 15.2 Å². The van der Waals surface area contributed by atoms with E-state index in [9.17, 15) is 0 Å². The second-order valence-corrected chi connectivity index (χ2v) is 8.16. The molecule has 0 spiro atoms. The first-order valence-corrected chi connectivity index (χ1v) is 9.17. The molecule has 4 atom stereocenters. The standard InChI is InChI=1S/C17H31N3S/c1-7-12(4)15-10-20(16(9-18-15)11(2)3)14(6)17-19-8-13(5)21-17/h8,11-12,14-16,18H,7,9-10H2,1-6H3. The van der Waals surface area contributed by atoms with E-state index in [4.69, 9.17) is 0 Å². The van der Waals surface area contributed by atoms with Crippen molar-refractivity contribution in [2.75, 3.05) is 13.1 Å². The summed E-state index contributed by atoms with van der Waals surface area (Å²) < 4.78 is 0. The van der Waals surface area contributed by atoms with Gasteiger partial charge in [-0.25, -0.2) is 4.98 Å². The van der Waals surface area contributed by atoms with Gasteiger partial charge in [0.1, 0.15) is 5.01 Å². The van der Waals surface area contributed by atoms with E-state index in [-0.39, 0.29) is 0 Å². The maximum Gasteiger partial charge on any atom is 0.110 e. The van der Waals surface area contributed by atoms with E-state index >= 15 is 0 Å². The fourth-order valence-electron chi connectivity index (χ4n) is 3.25. The Bertz CT molecular complexity index is 443. The summed E-state index contributed by atoms with van der Waals surface area (Å²) in [6, 6.07) is 1.63. The third-order valence-corrected chi connectivity index (χ3v) is 6.10. The highest BCUT2D eigenvalue weighted by atomic mass is 32.1. The highest BCUT2D eigenvalue weighted by molar-refractivity contribution is 7.11. The van der Waals surface area contributed by atoms with Crippen molar-refractivity contribution in [3.63, 3.8) is 0 Å². The van der Waals surface area contributed by atoms with Gasteiger partial charge in [0.15, 0.2) is 0 Å². The molecule has 21 heavy (non-hydrogen) atoms. The van der Waals surface area contributed by atoms with Gasteiger partial charge in [0, 0.05) is 36.2 Å². The highest BCUT2D eigenvalue weighted by Crippen LogP contribution is 2.31. The van der Waals surface area contributed by atoms with Crippen LogP contribution >= 0.6 is 11.3 Å². The van der Waals surface area contributed by atoms with Crippen molar-refractivity contribution in [1.29, 1.82) is 0 Å². The Morgan fingerprint density at radius 3 is 2.62 bits per heavy atom. The second kappa shape index (κ2) is 7.21. The molecule has 1 aliphatic heterocycles. The zero-order valence-corrected chi connectivity index (χ0v) is 15.2. The summed E-state index contributed by atoms with van der Waals surface area (Å²) >= 11 is 1.85. The molecule has 1 saturated heterocycles. The Balaban J connectivity index is 2.17. The molecule has 1 fully saturated rings. The summed E-state index contributed by atoms with van der Waals surface area (Å²) in [5, 5.41) is 5.05. The Labute approximate surface area is 134 Å². The molecular formula is C17H31N3S. The van der Waals surface area contributed by atoms with Crippen molar-refractivity contribution in [2.45, 2.75) is 66.1 Å². The zero-order chi connectivity index (χ0) is 15.6. The monoisotopic (exact) mass is 309 g/mol. The number of piperazine rings is 1. The number of aryl methyl sites for hydroxylation is 1. The van der Waals surface area contributed by atoms with Gasteiger partial charge < -0.3 is 5.32 Å². The lowest BCUT2D eigenvalue weighted by molar-refractivity contribution is 0.0487. The van der Waals surface area contributed by atoms with Crippen molar-refractivity contribution in [3.05, 3.63) is 16.1 Å². The first-order chi connectivity index (χ1) is 9.93. The summed E-state index contributed by atoms with van der Waals surface area (Å²) in [5.74, 6) is 1.39. The van der Waals surface area contributed by atoms with Gasteiger partial charge >= 0.3 is 0 Å². The minimum atomic E-state index is 0.421. The molecule has 2 rings (SSSR count). The molecule has 4 unspecified atom stereocenters. The number of thiazole rings is 1. The molecule has 120 valence electrons. The summed E-state index contributed by atoms with van der Waals surface area (Å²) in [6.45, 7) is 16.0. The molecule has 2 heterocycles. The molecule has 4 heteroatoms. The topological polar surface area (TPSA) is 28.2 Å². The molecule has 1 aliphatic rings. The minimum absolute atomic E-state index is 0.421. The smallest absolute Gasteiger partial charge is 0.110 e. The van der Waals surface area contributed by atoms with Gasteiger partial charge in [-0.2, -0.15) is 0 Å². The first kappa shape index (κ1) is 16.9. The van der Waals surface area contributed by atoms with Gasteiger partial charge in [-0.05, 0) is 25.7 Å². The van der Waals surface area contributed by atoms with E-state index in [2.05, 4.69) is 56.7 Å². The number of hydrogen-bond acceptors (Lipinski definition) is 4. The largest absolute Gasteiger partial charge is 0.311 e. The van der Waals surface area contributed by atoms with Crippen LogP contribution < -0.4 is 5.32 Å². The molecular weight excluding hydrogens is 278 g/mol. The van der Waals surface area contributed by atoms with E-state index in [0.29, 0.717) is 24.0 Å². The van der Waals surface area contributed by atoms with E-state index in [1.165, 1.54) is 16.3 Å². The van der Waals surface area contributed by atoms with Crippen molar-refractivity contribution >= 4 is 11.3 Å². The number of aromatic nitrogens is 1. The Kier molecular flexibility index (Phi) is 5.81. The summed E-state index contributed by atoms with van der Waals surface area (Å²) in [5.41, 5.74) is 0. The number of hydrogen-bond donors (Lipinski definition) is 1. The van der Waals surface area contributed by atoms with Crippen LogP contribution in [0, 0.1) is 18.8 Å². The fourth-order valence-corrected chi connectivity index (χ4v) is 4.10. The number of rotatable bonds is 5. The van der Waals surface area contributed by atoms with Gasteiger partial charge in [-0.3, -0.25) is 4.90 Å². The minimum Gasteiger partial charge on any atom is -0.311 e. The molecule has 3 nitrogen and oxygen atoms in total. The highest BCUT2D eigenvalue weighted by Gasteiger charge is 2.35. The molecule has 0 saturated carbocycles. The van der Waals surface area contributed by atoms with Crippen LogP contribution in [0.3, 0.4) is 0 Å². The van der Waals surface area contributed by atoms with Crippen LogP contribution in [0.1, 0.15) is 57.0 Å². The van der Waals surface area contributed by atoms with Crippen LogP contribution in [-0.4, -0.2) is 35.1 Å².